The average molecular weight is 258 g/mol. The van der Waals surface area contributed by atoms with Crippen molar-refractivity contribution in [3.63, 3.8) is 0 Å². The molecule has 0 amide bonds. The van der Waals surface area contributed by atoms with Crippen LogP contribution < -0.4 is 60.9 Å². The zero-order valence-corrected chi connectivity index (χ0v) is 12.6. The molecular formula is C9H11BF3KO2. The van der Waals surface area contributed by atoms with Crippen LogP contribution in [0.25, 0.3) is 0 Å². The molecule has 16 heavy (non-hydrogen) atoms. The van der Waals surface area contributed by atoms with Gasteiger partial charge >= 0.3 is 58.4 Å². The number of rotatable bonds is 4. The number of hydrogen-bond acceptors (Lipinski definition) is 2. The summed E-state index contributed by atoms with van der Waals surface area (Å²) in [5.41, 5.74) is 0.900. The summed E-state index contributed by atoms with van der Waals surface area (Å²) in [4.78, 5) is 0. The maximum atomic E-state index is 12.0. The van der Waals surface area contributed by atoms with Crippen LogP contribution in [0.15, 0.2) is 18.2 Å². The molecule has 0 saturated carbocycles. The number of ether oxygens (including phenoxy) is 2. The van der Waals surface area contributed by atoms with Crippen molar-refractivity contribution in [2.24, 2.45) is 0 Å². The van der Waals surface area contributed by atoms with Gasteiger partial charge in [0.05, 0.1) is 13.6 Å². The van der Waals surface area contributed by atoms with Crippen molar-refractivity contribution in [2.75, 3.05) is 13.6 Å². The van der Waals surface area contributed by atoms with Crippen LogP contribution in [0, 0.1) is 6.92 Å². The molecule has 0 bridgehead atoms. The number of hydrogen-bond donors (Lipinski definition) is 0. The Bertz CT molecular complexity index is 344. The quantitative estimate of drug-likeness (QED) is 0.695. The summed E-state index contributed by atoms with van der Waals surface area (Å²) in [5, 5.41) is 0. The van der Waals surface area contributed by atoms with Gasteiger partial charge in [0.25, 0.3) is 0 Å². The summed E-state index contributed by atoms with van der Waals surface area (Å²) in [6.45, 7) is -4.37. The third kappa shape index (κ3) is 5.58. The Morgan fingerprint density at radius 2 is 1.81 bits per heavy atom. The number of aryl methyl sites for hydroxylation is 1. The summed E-state index contributed by atoms with van der Waals surface area (Å²) >= 11 is 0. The van der Waals surface area contributed by atoms with Crippen LogP contribution in [0.3, 0.4) is 0 Å². The second-order valence-corrected chi connectivity index (χ2v) is 3.18. The van der Waals surface area contributed by atoms with Gasteiger partial charge in [0.1, 0.15) is 0 Å². The standard InChI is InChI=1S/C9H11BF3O2.K/c1-7-3-4-8(9(5-7)14-2)15-6-10(11,12)13;/h3-5H,6H2,1-2H3;/q-1;+1. The Hall–Kier alpha value is 0.311. The number of halogens is 3. The second kappa shape index (κ2) is 6.90. The van der Waals surface area contributed by atoms with Gasteiger partial charge in [-0.2, -0.15) is 0 Å². The fourth-order valence-electron chi connectivity index (χ4n) is 1.08. The first-order valence-corrected chi connectivity index (χ1v) is 4.41. The topological polar surface area (TPSA) is 18.5 Å². The Morgan fingerprint density at radius 1 is 1.19 bits per heavy atom. The van der Waals surface area contributed by atoms with Crippen molar-refractivity contribution in [1.29, 1.82) is 0 Å². The molecule has 0 spiro atoms. The van der Waals surface area contributed by atoms with Crippen LogP contribution in [0.2, 0.25) is 0 Å². The van der Waals surface area contributed by atoms with Crippen LogP contribution in [0.5, 0.6) is 11.5 Å². The first kappa shape index (κ1) is 16.3. The maximum Gasteiger partial charge on any atom is 1.00 e. The first-order valence-electron chi connectivity index (χ1n) is 4.41. The van der Waals surface area contributed by atoms with E-state index >= 15 is 0 Å². The zero-order valence-electron chi connectivity index (χ0n) is 9.47. The summed E-state index contributed by atoms with van der Waals surface area (Å²) < 4.78 is 45.4. The van der Waals surface area contributed by atoms with Crippen molar-refractivity contribution in [3.05, 3.63) is 23.8 Å². The molecule has 0 aliphatic carbocycles. The van der Waals surface area contributed by atoms with Crippen molar-refractivity contribution in [2.45, 2.75) is 6.92 Å². The fourth-order valence-corrected chi connectivity index (χ4v) is 1.08. The van der Waals surface area contributed by atoms with Gasteiger partial charge in [0, 0.05) is 0 Å². The third-order valence-corrected chi connectivity index (χ3v) is 1.75. The van der Waals surface area contributed by atoms with E-state index in [-0.39, 0.29) is 57.1 Å². The van der Waals surface area contributed by atoms with Crippen LogP contribution in [-0.2, 0) is 0 Å². The Kier molecular flexibility index (Phi) is 7.04. The van der Waals surface area contributed by atoms with Gasteiger partial charge in [0.2, 0.25) is 0 Å². The fraction of sp³-hybridized carbons (Fsp3) is 0.333. The molecule has 1 aromatic rings. The minimum atomic E-state index is -4.94. The maximum absolute atomic E-state index is 12.0. The molecular weight excluding hydrogens is 247 g/mol. The van der Waals surface area contributed by atoms with E-state index in [9.17, 15) is 12.9 Å². The van der Waals surface area contributed by atoms with Crippen molar-refractivity contribution in [1.82, 2.24) is 0 Å². The largest absolute Gasteiger partial charge is 1.00 e. The van der Waals surface area contributed by atoms with E-state index in [1.54, 1.807) is 12.1 Å². The third-order valence-electron chi connectivity index (χ3n) is 1.75. The molecule has 1 rings (SSSR count). The Morgan fingerprint density at radius 3 is 2.31 bits per heavy atom. The van der Waals surface area contributed by atoms with E-state index in [4.69, 9.17) is 4.74 Å². The molecule has 0 aliphatic heterocycles. The van der Waals surface area contributed by atoms with Crippen molar-refractivity contribution < 1.29 is 73.8 Å². The minimum absolute atomic E-state index is 0. The summed E-state index contributed by atoms with van der Waals surface area (Å²) in [6, 6.07) is 4.76. The van der Waals surface area contributed by atoms with Crippen LogP contribution in [0.1, 0.15) is 5.56 Å². The number of methoxy groups -OCH3 is 1. The molecule has 0 saturated heterocycles. The van der Waals surface area contributed by atoms with Gasteiger partial charge in [-0.05, 0) is 24.6 Å². The van der Waals surface area contributed by atoms with Gasteiger partial charge in [-0.1, -0.05) is 6.07 Å². The van der Waals surface area contributed by atoms with Crippen molar-refractivity contribution in [3.8, 4) is 11.5 Å². The molecule has 1 aromatic carbocycles. The van der Waals surface area contributed by atoms with E-state index in [1.165, 1.54) is 13.2 Å². The molecule has 0 atom stereocenters. The van der Waals surface area contributed by atoms with Gasteiger partial charge in [-0.3, -0.25) is 0 Å². The van der Waals surface area contributed by atoms with E-state index in [0.717, 1.165) is 5.56 Å². The summed E-state index contributed by atoms with van der Waals surface area (Å²) in [5.74, 6) is 0.428. The van der Waals surface area contributed by atoms with Crippen molar-refractivity contribution >= 4 is 6.98 Å². The summed E-state index contributed by atoms with van der Waals surface area (Å²) in [6.07, 6.45) is 0. The summed E-state index contributed by atoms with van der Waals surface area (Å²) in [7, 11) is 1.39. The molecule has 0 fully saturated rings. The van der Waals surface area contributed by atoms with E-state index in [1.807, 2.05) is 6.92 Å². The van der Waals surface area contributed by atoms with E-state index < -0.39 is 13.5 Å². The first-order chi connectivity index (χ1) is 6.92. The Balaban J connectivity index is 0.00000225. The van der Waals surface area contributed by atoms with Gasteiger partial charge in [-0.15, -0.1) is 0 Å². The molecule has 0 aliphatic rings. The molecule has 0 unspecified atom stereocenters. The molecule has 0 radical (unpaired) electrons. The predicted molar refractivity (Wildman–Crippen MR) is 52.3 cm³/mol. The normalized spacial score (nSPS) is 10.6. The van der Waals surface area contributed by atoms with E-state index in [0.29, 0.717) is 5.75 Å². The van der Waals surface area contributed by atoms with Gasteiger partial charge in [-0.25, -0.2) is 0 Å². The molecule has 0 heterocycles. The predicted octanol–water partition coefficient (Wildman–Crippen LogP) is -0.227. The molecule has 0 N–H and O–H groups in total. The van der Waals surface area contributed by atoms with E-state index in [2.05, 4.69) is 4.74 Å². The van der Waals surface area contributed by atoms with Crippen LogP contribution in [0.4, 0.5) is 12.9 Å². The molecule has 7 heteroatoms. The zero-order chi connectivity index (χ0) is 11.5. The molecule has 84 valence electrons. The van der Waals surface area contributed by atoms with Gasteiger partial charge < -0.3 is 22.4 Å². The average Bonchev–Trinajstić information content (AvgIpc) is 2.14. The number of benzene rings is 1. The van der Waals surface area contributed by atoms with Gasteiger partial charge in [0.15, 0.2) is 11.5 Å². The molecule has 2 nitrogen and oxygen atoms in total. The second-order valence-electron chi connectivity index (χ2n) is 3.18. The molecule has 0 aromatic heterocycles. The minimum Gasteiger partial charge on any atom is -0.519 e. The SMILES string of the molecule is COc1cc(C)ccc1OC[B-](F)(F)F.[K+]. The van der Waals surface area contributed by atoms with Crippen LogP contribution in [-0.4, -0.2) is 20.6 Å². The Labute approximate surface area is 135 Å². The smallest absolute Gasteiger partial charge is 0.519 e. The monoisotopic (exact) mass is 258 g/mol. The van der Waals surface area contributed by atoms with Crippen LogP contribution >= 0.6 is 0 Å².